The minimum absolute atomic E-state index is 0.0617. The molecule has 2 bridgehead atoms. The average molecular weight is 616 g/mol. The molecular weight excluding hydrogens is 584 g/mol. The Morgan fingerprint density at radius 2 is 1.68 bits per heavy atom. The molecule has 0 aromatic carbocycles. The molecule has 232 valence electrons. The van der Waals surface area contributed by atoms with Gasteiger partial charge in [0.25, 0.3) is 0 Å². The summed E-state index contributed by atoms with van der Waals surface area (Å²) in [4.78, 5) is 50.3. The Morgan fingerprint density at radius 1 is 1.07 bits per heavy atom. The molecule has 6 unspecified atom stereocenters. The number of rotatable bonds is 12. The number of alkyl halides is 4. The molecule has 11 nitrogen and oxygen atoms in total. The molecule has 1 aliphatic heterocycles. The topological polar surface area (TPSA) is 162 Å². The fraction of sp³-hybridized carbons (Fsp3) is 0.840. The fourth-order valence-corrected chi connectivity index (χ4v) is 7.08. The second kappa shape index (κ2) is 11.0. The van der Waals surface area contributed by atoms with E-state index in [-0.39, 0.29) is 11.8 Å². The van der Waals surface area contributed by atoms with Crippen LogP contribution in [-0.2, 0) is 48.2 Å². The first-order chi connectivity index (χ1) is 18.9. The summed E-state index contributed by atoms with van der Waals surface area (Å²) in [6.45, 7) is 2.58. The molecule has 4 aliphatic rings. The van der Waals surface area contributed by atoms with Gasteiger partial charge in [-0.05, 0) is 38.0 Å². The molecule has 0 N–H and O–H groups in total. The van der Waals surface area contributed by atoms with Crippen molar-refractivity contribution < 1.29 is 68.7 Å². The van der Waals surface area contributed by atoms with Gasteiger partial charge in [-0.3, -0.25) is 19.2 Å². The monoisotopic (exact) mass is 615 g/mol. The van der Waals surface area contributed by atoms with Crippen molar-refractivity contribution in [3.63, 3.8) is 0 Å². The maximum absolute atomic E-state index is 13.5. The highest BCUT2D eigenvalue weighted by Crippen LogP contribution is 2.59. The maximum atomic E-state index is 13.5. The Bertz CT molecular complexity index is 1180. The number of esters is 4. The molecule has 0 aromatic heterocycles. The van der Waals surface area contributed by atoms with Crippen LogP contribution in [0.3, 0.4) is 0 Å². The number of hydrogen-bond acceptors (Lipinski definition) is 11. The van der Waals surface area contributed by atoms with E-state index in [1.54, 1.807) is 0 Å². The molecular formula is C25H31F4O11S-. The van der Waals surface area contributed by atoms with E-state index in [4.69, 9.17) is 14.2 Å². The Labute approximate surface area is 233 Å². The van der Waals surface area contributed by atoms with E-state index in [0.717, 1.165) is 12.8 Å². The lowest BCUT2D eigenvalue weighted by Gasteiger charge is -2.37. The Hall–Kier alpha value is -2.49. The minimum atomic E-state index is -6.67. The summed E-state index contributed by atoms with van der Waals surface area (Å²) in [7, 11) is -6.67. The lowest BCUT2D eigenvalue weighted by Crippen LogP contribution is -2.47. The van der Waals surface area contributed by atoms with Crippen LogP contribution >= 0.6 is 0 Å². The van der Waals surface area contributed by atoms with E-state index >= 15 is 0 Å². The van der Waals surface area contributed by atoms with E-state index in [0.29, 0.717) is 19.3 Å². The van der Waals surface area contributed by atoms with Gasteiger partial charge in [0.15, 0.2) is 10.1 Å². The fourth-order valence-electron chi connectivity index (χ4n) is 6.62. The van der Waals surface area contributed by atoms with Crippen molar-refractivity contribution in [2.24, 2.45) is 29.6 Å². The zero-order chi connectivity index (χ0) is 30.5. The van der Waals surface area contributed by atoms with Crippen LogP contribution in [0.25, 0.3) is 0 Å². The third-order valence-corrected chi connectivity index (χ3v) is 9.77. The number of hydrogen-bond donors (Lipinski definition) is 0. The number of carbonyl (C=O) groups excluding carboxylic acids is 4. The van der Waals surface area contributed by atoms with Crippen LogP contribution in [0.2, 0.25) is 0 Å². The van der Waals surface area contributed by atoms with E-state index in [1.807, 2.05) is 13.8 Å². The summed E-state index contributed by atoms with van der Waals surface area (Å²) in [6.07, 6.45) is -1.34. The van der Waals surface area contributed by atoms with Crippen molar-refractivity contribution in [2.75, 3.05) is 6.61 Å². The highest BCUT2D eigenvalue weighted by atomic mass is 32.2. The van der Waals surface area contributed by atoms with Crippen molar-refractivity contribution in [2.45, 2.75) is 94.2 Å². The summed E-state index contributed by atoms with van der Waals surface area (Å²) in [5, 5.41) is -5.91. The normalized spacial score (nSPS) is 30.4. The van der Waals surface area contributed by atoms with Gasteiger partial charge in [-0.2, -0.15) is 17.6 Å². The summed E-state index contributed by atoms with van der Waals surface area (Å²) < 4.78 is 106. The summed E-state index contributed by atoms with van der Waals surface area (Å²) >= 11 is 0. The van der Waals surface area contributed by atoms with Gasteiger partial charge in [-0.25, -0.2) is 8.42 Å². The van der Waals surface area contributed by atoms with Crippen LogP contribution < -0.4 is 0 Å². The SMILES string of the molecule is CC(C)C1(OC(=O)C2C3CC4C(OC(=O)C42)C3OC(=O)CCC(=O)OCCC(F)(F)C(F)(F)S(=O)(=O)[O-])CCCC1. The predicted molar refractivity (Wildman–Crippen MR) is 125 cm³/mol. The highest BCUT2D eigenvalue weighted by molar-refractivity contribution is 7.86. The van der Waals surface area contributed by atoms with E-state index in [9.17, 15) is 49.7 Å². The quantitative estimate of drug-likeness (QED) is 0.137. The summed E-state index contributed by atoms with van der Waals surface area (Å²) in [6, 6.07) is 0. The van der Waals surface area contributed by atoms with Gasteiger partial charge >= 0.3 is 35.1 Å². The third kappa shape index (κ3) is 5.65. The van der Waals surface area contributed by atoms with Gasteiger partial charge in [0.05, 0.1) is 37.7 Å². The minimum Gasteiger partial charge on any atom is -0.743 e. The van der Waals surface area contributed by atoms with Crippen molar-refractivity contribution in [1.29, 1.82) is 0 Å². The first-order valence-electron chi connectivity index (χ1n) is 13.4. The third-order valence-electron chi connectivity index (χ3n) is 8.84. The lowest BCUT2D eigenvalue weighted by molar-refractivity contribution is -0.179. The van der Waals surface area contributed by atoms with Crippen LogP contribution in [0.5, 0.6) is 0 Å². The molecule has 16 heteroatoms. The first-order valence-corrected chi connectivity index (χ1v) is 14.8. The van der Waals surface area contributed by atoms with Gasteiger partial charge in [-0.1, -0.05) is 13.8 Å². The standard InChI is InChI=1S/C25H32F4O11S/c1-12(2)23(7-3-4-8-23)40-22(33)18-14-11-13-17(18)21(32)39-20(13)19(14)38-16(31)6-5-15(30)37-10-9-24(26,27)25(28,29)41(34,35)36/h12-14,17-20H,3-11H2,1-2H3,(H,34,35,36)/p-1. The Kier molecular flexibility index (Phi) is 8.41. The maximum Gasteiger partial charge on any atom is 0.396 e. The first kappa shape index (κ1) is 31.4. The Morgan fingerprint density at radius 3 is 2.27 bits per heavy atom. The molecule has 1 saturated heterocycles. The van der Waals surface area contributed by atoms with Crippen LogP contribution in [-0.4, -0.2) is 72.4 Å². The van der Waals surface area contributed by atoms with Gasteiger partial charge in [0, 0.05) is 11.8 Å². The van der Waals surface area contributed by atoms with Gasteiger partial charge in [0.1, 0.15) is 17.8 Å². The molecule has 3 saturated carbocycles. The molecule has 4 fully saturated rings. The largest absolute Gasteiger partial charge is 0.743 e. The summed E-state index contributed by atoms with van der Waals surface area (Å²) in [5.74, 6) is -11.0. The zero-order valence-corrected chi connectivity index (χ0v) is 23.1. The molecule has 1 heterocycles. The van der Waals surface area contributed by atoms with Crippen LogP contribution in [0.15, 0.2) is 0 Å². The summed E-state index contributed by atoms with van der Waals surface area (Å²) in [5.41, 5.74) is -0.629. The van der Waals surface area contributed by atoms with Crippen molar-refractivity contribution >= 4 is 34.0 Å². The lowest BCUT2D eigenvalue weighted by atomic mass is 9.78. The zero-order valence-electron chi connectivity index (χ0n) is 22.3. The van der Waals surface area contributed by atoms with E-state index < -0.39 is 107 Å². The highest BCUT2D eigenvalue weighted by Gasteiger charge is 2.70. The molecule has 3 aliphatic carbocycles. The number of fused-ring (bicyclic) bond motifs is 1. The number of halogens is 4. The molecule has 0 amide bonds. The predicted octanol–water partition coefficient (Wildman–Crippen LogP) is 2.70. The van der Waals surface area contributed by atoms with Crippen molar-refractivity contribution in [1.82, 2.24) is 0 Å². The smallest absolute Gasteiger partial charge is 0.396 e. The molecule has 4 rings (SSSR count). The molecule has 0 radical (unpaired) electrons. The molecule has 0 spiro atoms. The molecule has 6 atom stereocenters. The number of ether oxygens (including phenoxy) is 4. The molecule has 0 aromatic rings. The molecule has 41 heavy (non-hydrogen) atoms. The van der Waals surface area contributed by atoms with Crippen LogP contribution in [0.4, 0.5) is 17.6 Å². The van der Waals surface area contributed by atoms with Crippen molar-refractivity contribution in [3.05, 3.63) is 0 Å². The van der Waals surface area contributed by atoms with Gasteiger partial charge in [0.2, 0.25) is 0 Å². The Balaban J connectivity index is 1.30. The van der Waals surface area contributed by atoms with E-state index in [2.05, 4.69) is 4.74 Å². The van der Waals surface area contributed by atoms with Gasteiger partial charge < -0.3 is 23.5 Å². The van der Waals surface area contributed by atoms with Crippen LogP contribution in [0, 0.1) is 29.6 Å². The van der Waals surface area contributed by atoms with E-state index in [1.165, 1.54) is 0 Å². The average Bonchev–Trinajstić information content (AvgIpc) is 3.60. The van der Waals surface area contributed by atoms with Crippen LogP contribution in [0.1, 0.15) is 65.2 Å². The number of carbonyl (C=O) groups is 4. The second-order valence-corrected chi connectivity index (χ2v) is 12.9. The van der Waals surface area contributed by atoms with Gasteiger partial charge in [-0.15, -0.1) is 0 Å². The van der Waals surface area contributed by atoms with Crippen molar-refractivity contribution in [3.8, 4) is 0 Å². The second-order valence-electron chi connectivity index (χ2n) is 11.5.